The predicted octanol–water partition coefficient (Wildman–Crippen LogP) is 3.86. The summed E-state index contributed by atoms with van der Waals surface area (Å²) in [5, 5.41) is 12.0. The third-order valence-corrected chi connectivity index (χ3v) is 3.89. The number of rotatable bonds is 6. The molecule has 2 aromatic rings. The number of alkyl halides is 3. The maximum absolute atomic E-state index is 13.0. The Morgan fingerprint density at radius 2 is 1.93 bits per heavy atom. The van der Waals surface area contributed by atoms with E-state index in [0.29, 0.717) is 5.92 Å². The summed E-state index contributed by atoms with van der Waals surface area (Å²) < 4.78 is 38.9. The van der Waals surface area contributed by atoms with Crippen LogP contribution in [0.4, 0.5) is 25.1 Å². The number of hydrogen-bond acceptors (Lipinski definition) is 7. The molecular formula is C18H17F3N6O2. The van der Waals surface area contributed by atoms with Gasteiger partial charge >= 0.3 is 12.1 Å². The van der Waals surface area contributed by atoms with Crippen LogP contribution in [0.1, 0.15) is 32.4 Å². The topological polar surface area (TPSA) is 113 Å². The van der Waals surface area contributed by atoms with E-state index >= 15 is 0 Å². The molecule has 11 heteroatoms. The lowest BCUT2D eigenvalue weighted by Crippen LogP contribution is -2.10. The minimum absolute atomic E-state index is 0.0283. The van der Waals surface area contributed by atoms with Crippen molar-refractivity contribution < 1.29 is 23.1 Å². The number of nitrogens with zero attached hydrogens (tertiary/aromatic N) is 5. The van der Waals surface area contributed by atoms with E-state index in [1.807, 2.05) is 6.08 Å². The molecule has 2 aromatic heterocycles. The summed E-state index contributed by atoms with van der Waals surface area (Å²) >= 11 is 0. The number of carbonyl (C=O) groups is 1. The highest BCUT2D eigenvalue weighted by atomic mass is 19.4. The lowest BCUT2D eigenvalue weighted by Gasteiger charge is -2.09. The number of hydrogen-bond donors (Lipinski definition) is 2. The Morgan fingerprint density at radius 3 is 2.55 bits per heavy atom. The van der Waals surface area contributed by atoms with E-state index in [0.717, 1.165) is 24.6 Å². The van der Waals surface area contributed by atoms with Gasteiger partial charge in [0.05, 0.1) is 0 Å². The van der Waals surface area contributed by atoms with E-state index in [1.165, 1.54) is 19.1 Å². The number of allylic oxidation sites excluding steroid dienone is 2. The standard InChI is InChI=1S/C18H17F3N6O2/c1-9(8-11-6-7-11)22-16-25-14(26-17(27-16)23-10(2)15(28)29)12-4-3-5-13(24-12)18(19,20)21/h3-5,8,11H,6-7H2,1-2H3,(H,28,29)(H,22,25,26,27)/b9-8?,23-10+. The van der Waals surface area contributed by atoms with Crippen LogP contribution in [-0.2, 0) is 11.0 Å². The van der Waals surface area contributed by atoms with Crippen molar-refractivity contribution in [3.63, 3.8) is 0 Å². The first-order valence-corrected chi connectivity index (χ1v) is 8.66. The zero-order valence-electron chi connectivity index (χ0n) is 15.5. The lowest BCUT2D eigenvalue weighted by molar-refractivity contribution is -0.141. The van der Waals surface area contributed by atoms with Crippen LogP contribution in [0.25, 0.3) is 11.5 Å². The van der Waals surface area contributed by atoms with E-state index in [-0.39, 0.29) is 29.1 Å². The van der Waals surface area contributed by atoms with Gasteiger partial charge in [-0.3, -0.25) is 0 Å². The molecule has 29 heavy (non-hydrogen) atoms. The van der Waals surface area contributed by atoms with E-state index in [1.54, 1.807) is 6.92 Å². The minimum atomic E-state index is -4.63. The number of nitrogens with one attached hydrogen (secondary N) is 1. The summed E-state index contributed by atoms with van der Waals surface area (Å²) in [5.74, 6) is -1.19. The van der Waals surface area contributed by atoms with Gasteiger partial charge in [-0.1, -0.05) is 12.1 Å². The zero-order valence-corrected chi connectivity index (χ0v) is 15.5. The van der Waals surface area contributed by atoms with Crippen molar-refractivity contribution in [3.05, 3.63) is 35.7 Å². The molecule has 0 amide bonds. The number of halogens is 3. The molecule has 8 nitrogen and oxygen atoms in total. The summed E-state index contributed by atoms with van der Waals surface area (Å²) in [5.41, 5.74) is -0.762. The van der Waals surface area contributed by atoms with Crippen LogP contribution in [0, 0.1) is 5.92 Å². The van der Waals surface area contributed by atoms with Gasteiger partial charge in [-0.15, -0.1) is 0 Å². The smallest absolute Gasteiger partial charge is 0.433 e. The molecule has 3 rings (SSSR count). The maximum atomic E-state index is 13.0. The molecular weight excluding hydrogens is 389 g/mol. The van der Waals surface area contributed by atoms with Crippen LogP contribution in [0.5, 0.6) is 0 Å². The molecule has 0 saturated heterocycles. The SMILES string of the molecule is CC(=CC1CC1)Nc1nc(/N=C(\C)C(=O)O)nc(-c2cccc(C(F)(F)F)n2)n1. The van der Waals surface area contributed by atoms with Crippen LogP contribution in [0.2, 0.25) is 0 Å². The average Bonchev–Trinajstić information content (AvgIpc) is 3.44. The number of aliphatic carboxylic acids is 1. The monoisotopic (exact) mass is 406 g/mol. The number of carboxylic acid groups (broad SMARTS) is 1. The molecule has 0 aliphatic heterocycles. The second-order valence-corrected chi connectivity index (χ2v) is 6.50. The Labute approximate surface area is 163 Å². The molecule has 1 aliphatic carbocycles. The van der Waals surface area contributed by atoms with E-state index in [2.05, 4.69) is 30.2 Å². The molecule has 0 spiro atoms. The quantitative estimate of drug-likeness (QED) is 0.701. The number of pyridine rings is 1. The van der Waals surface area contributed by atoms with Gasteiger partial charge in [0.15, 0.2) is 5.82 Å². The number of anilines is 1. The predicted molar refractivity (Wildman–Crippen MR) is 98.6 cm³/mol. The van der Waals surface area contributed by atoms with E-state index in [4.69, 9.17) is 5.11 Å². The number of carboxylic acids is 1. The molecule has 0 radical (unpaired) electrons. The fraction of sp³-hybridized carbons (Fsp3) is 0.333. The average molecular weight is 406 g/mol. The summed E-state index contributed by atoms with van der Waals surface area (Å²) in [6.07, 6.45) is -0.460. The van der Waals surface area contributed by atoms with Crippen molar-refractivity contribution in [1.82, 2.24) is 19.9 Å². The van der Waals surface area contributed by atoms with Crippen LogP contribution >= 0.6 is 0 Å². The Bertz CT molecular complexity index is 999. The molecule has 1 aliphatic rings. The molecule has 0 atom stereocenters. The van der Waals surface area contributed by atoms with Gasteiger partial charge in [0, 0.05) is 5.70 Å². The fourth-order valence-corrected chi connectivity index (χ4v) is 2.33. The Morgan fingerprint density at radius 1 is 1.21 bits per heavy atom. The fourth-order valence-electron chi connectivity index (χ4n) is 2.33. The Balaban J connectivity index is 2.04. The van der Waals surface area contributed by atoms with Crippen molar-refractivity contribution in [2.24, 2.45) is 10.9 Å². The molecule has 0 aromatic carbocycles. The summed E-state index contributed by atoms with van der Waals surface area (Å²) in [6, 6.07) is 3.34. The van der Waals surface area contributed by atoms with Gasteiger partial charge in [0.25, 0.3) is 5.95 Å². The van der Waals surface area contributed by atoms with E-state index in [9.17, 15) is 18.0 Å². The van der Waals surface area contributed by atoms with Gasteiger partial charge in [-0.2, -0.15) is 28.1 Å². The van der Waals surface area contributed by atoms with Gasteiger partial charge in [0.2, 0.25) is 5.95 Å². The normalized spacial score (nSPS) is 15.3. The molecule has 152 valence electrons. The van der Waals surface area contributed by atoms with Crippen LogP contribution in [0.15, 0.2) is 35.0 Å². The molecule has 2 heterocycles. The highest BCUT2D eigenvalue weighted by Gasteiger charge is 2.32. The molecule has 1 fully saturated rings. The number of aromatic nitrogens is 4. The first kappa shape index (κ1) is 20.4. The largest absolute Gasteiger partial charge is 0.477 e. The van der Waals surface area contributed by atoms with Crippen molar-refractivity contribution in [3.8, 4) is 11.5 Å². The van der Waals surface area contributed by atoms with Gasteiger partial charge < -0.3 is 10.4 Å². The molecule has 2 N–H and O–H groups in total. The first-order valence-electron chi connectivity index (χ1n) is 8.66. The van der Waals surface area contributed by atoms with Gasteiger partial charge in [0.1, 0.15) is 17.1 Å². The van der Waals surface area contributed by atoms with Crippen molar-refractivity contribution in [1.29, 1.82) is 0 Å². The lowest BCUT2D eigenvalue weighted by atomic mass is 10.3. The highest BCUT2D eigenvalue weighted by molar-refractivity contribution is 6.35. The van der Waals surface area contributed by atoms with Crippen molar-refractivity contribution in [2.45, 2.75) is 32.9 Å². The summed E-state index contributed by atoms with van der Waals surface area (Å²) in [6.45, 7) is 3.05. The Hall–Kier alpha value is -3.37. The van der Waals surface area contributed by atoms with E-state index < -0.39 is 17.8 Å². The third kappa shape index (κ3) is 5.56. The van der Waals surface area contributed by atoms with Gasteiger partial charge in [-0.25, -0.2) is 14.8 Å². The second kappa shape index (κ2) is 7.94. The number of aliphatic imine (C=N–C) groups is 1. The van der Waals surface area contributed by atoms with Crippen molar-refractivity contribution in [2.75, 3.05) is 5.32 Å². The van der Waals surface area contributed by atoms with Crippen LogP contribution < -0.4 is 5.32 Å². The zero-order chi connectivity index (χ0) is 21.2. The molecule has 0 unspecified atom stereocenters. The van der Waals surface area contributed by atoms with Crippen molar-refractivity contribution >= 4 is 23.6 Å². The summed E-state index contributed by atoms with van der Waals surface area (Å²) in [4.78, 5) is 30.5. The van der Waals surface area contributed by atoms with Crippen LogP contribution in [0.3, 0.4) is 0 Å². The third-order valence-electron chi connectivity index (χ3n) is 3.89. The maximum Gasteiger partial charge on any atom is 0.433 e. The summed E-state index contributed by atoms with van der Waals surface area (Å²) in [7, 11) is 0. The Kier molecular flexibility index (Phi) is 5.57. The minimum Gasteiger partial charge on any atom is -0.477 e. The van der Waals surface area contributed by atoms with Gasteiger partial charge in [-0.05, 0) is 44.7 Å². The second-order valence-electron chi connectivity index (χ2n) is 6.50. The van der Waals surface area contributed by atoms with Crippen LogP contribution in [-0.4, -0.2) is 36.7 Å². The molecule has 0 bridgehead atoms. The highest BCUT2D eigenvalue weighted by Crippen LogP contribution is 2.32. The first-order chi connectivity index (χ1) is 13.6. The molecule has 1 saturated carbocycles.